The number of hydrogen-bond acceptors (Lipinski definition) is 5. The highest BCUT2D eigenvalue weighted by molar-refractivity contribution is 14.0. The molecule has 1 aromatic carbocycles. The largest absolute Gasteiger partial charge is 0.444 e. The lowest BCUT2D eigenvalue weighted by Crippen LogP contribution is -2.37. The molecule has 0 atom stereocenters. The summed E-state index contributed by atoms with van der Waals surface area (Å²) in [4.78, 5) is 18.6. The van der Waals surface area contributed by atoms with E-state index in [9.17, 15) is 4.79 Å². The molecule has 1 aromatic rings. The summed E-state index contributed by atoms with van der Waals surface area (Å²) in [5, 5.41) is 5.87. The number of hydrogen-bond donors (Lipinski definition) is 3. The maximum absolute atomic E-state index is 11.8. The molecule has 8 nitrogen and oxygen atoms in total. The summed E-state index contributed by atoms with van der Waals surface area (Å²) in [5.41, 5.74) is 7.27. The highest BCUT2D eigenvalue weighted by atomic mass is 127. The molecule has 30 heavy (non-hydrogen) atoms. The molecular formula is C21H36IN5O3. The van der Waals surface area contributed by atoms with Crippen LogP contribution >= 0.6 is 24.0 Å². The van der Waals surface area contributed by atoms with Crippen LogP contribution in [0.15, 0.2) is 29.3 Å². The van der Waals surface area contributed by atoms with Gasteiger partial charge in [0.2, 0.25) is 0 Å². The van der Waals surface area contributed by atoms with Crippen molar-refractivity contribution in [3.63, 3.8) is 0 Å². The summed E-state index contributed by atoms with van der Waals surface area (Å²) in [5.74, 6) is 0.482. The van der Waals surface area contributed by atoms with E-state index in [1.807, 2.05) is 45.0 Å². The predicted molar refractivity (Wildman–Crippen MR) is 132 cm³/mol. The van der Waals surface area contributed by atoms with Crippen LogP contribution in [0, 0.1) is 0 Å². The number of carbonyl (C=O) groups excluding carboxylic acids is 1. The summed E-state index contributed by atoms with van der Waals surface area (Å²) in [6.07, 6.45) is 1.36. The van der Waals surface area contributed by atoms with Crippen LogP contribution < -0.4 is 16.4 Å². The standard InChI is InChI=1S/C21H35N5O3.HI/c1-21(2,3)29-20(27)25-18-7-5-17(6-8-18)9-11-24-19(22)23-10-4-12-26-13-15-28-16-14-26;/h5-8H,4,9-16H2,1-3H3,(H,25,27)(H3,22,23,24);1H. The molecule has 170 valence electrons. The van der Waals surface area contributed by atoms with Crippen molar-refractivity contribution in [1.82, 2.24) is 10.2 Å². The van der Waals surface area contributed by atoms with Crippen LogP contribution in [0.5, 0.6) is 0 Å². The van der Waals surface area contributed by atoms with E-state index in [2.05, 4.69) is 20.5 Å². The average Bonchev–Trinajstić information content (AvgIpc) is 2.66. The molecule has 9 heteroatoms. The quantitative estimate of drug-likeness (QED) is 0.206. The fraction of sp³-hybridized carbons (Fsp3) is 0.619. The zero-order chi connectivity index (χ0) is 21.1. The summed E-state index contributed by atoms with van der Waals surface area (Å²) in [6.45, 7) is 11.6. The molecule has 0 bridgehead atoms. The lowest BCUT2D eigenvalue weighted by atomic mass is 10.1. The van der Waals surface area contributed by atoms with Gasteiger partial charge in [0.1, 0.15) is 5.60 Å². The molecule has 1 amide bonds. The van der Waals surface area contributed by atoms with Gasteiger partial charge in [-0.1, -0.05) is 12.1 Å². The molecule has 1 fully saturated rings. The number of nitrogens with one attached hydrogen (secondary N) is 2. The minimum atomic E-state index is -0.514. The molecule has 0 saturated carbocycles. The van der Waals surface area contributed by atoms with Crippen molar-refractivity contribution >= 4 is 41.7 Å². The summed E-state index contributed by atoms with van der Waals surface area (Å²) < 4.78 is 10.6. The lowest BCUT2D eigenvalue weighted by Gasteiger charge is -2.26. The Hall–Kier alpha value is -1.59. The number of carbonyl (C=O) groups is 1. The van der Waals surface area contributed by atoms with Gasteiger partial charge < -0.3 is 20.5 Å². The van der Waals surface area contributed by atoms with E-state index in [-0.39, 0.29) is 24.0 Å². The third-order valence-electron chi connectivity index (χ3n) is 4.34. The molecule has 0 aromatic heterocycles. The first-order valence-corrected chi connectivity index (χ1v) is 10.2. The molecular weight excluding hydrogens is 497 g/mol. The predicted octanol–water partition coefficient (Wildman–Crippen LogP) is 2.82. The number of rotatable bonds is 8. The summed E-state index contributed by atoms with van der Waals surface area (Å²) in [7, 11) is 0. The third-order valence-corrected chi connectivity index (χ3v) is 4.34. The molecule has 0 unspecified atom stereocenters. The van der Waals surface area contributed by atoms with Gasteiger partial charge in [0, 0.05) is 38.4 Å². The molecule has 1 aliphatic rings. The Morgan fingerprint density at radius 1 is 1.23 bits per heavy atom. The van der Waals surface area contributed by atoms with E-state index in [1.165, 1.54) is 0 Å². The maximum atomic E-state index is 11.8. The van der Waals surface area contributed by atoms with Crippen molar-refractivity contribution < 1.29 is 14.3 Å². The first-order chi connectivity index (χ1) is 13.8. The number of morpholine rings is 1. The molecule has 4 N–H and O–H groups in total. The number of halogens is 1. The Morgan fingerprint density at radius 3 is 2.53 bits per heavy atom. The number of guanidine groups is 1. The van der Waals surface area contributed by atoms with Crippen LogP contribution in [0.3, 0.4) is 0 Å². The number of nitrogens with zero attached hydrogens (tertiary/aromatic N) is 2. The van der Waals surface area contributed by atoms with Gasteiger partial charge in [0.05, 0.1) is 13.2 Å². The van der Waals surface area contributed by atoms with Gasteiger partial charge in [-0.2, -0.15) is 0 Å². The van der Waals surface area contributed by atoms with Gasteiger partial charge in [-0.05, 0) is 51.3 Å². The van der Waals surface area contributed by atoms with Crippen molar-refractivity contribution in [2.75, 3.05) is 51.3 Å². The first-order valence-electron chi connectivity index (χ1n) is 10.2. The first kappa shape index (κ1) is 26.4. The molecule has 0 spiro atoms. The van der Waals surface area contributed by atoms with Crippen LogP contribution in [-0.2, 0) is 15.9 Å². The SMILES string of the molecule is CC(C)(C)OC(=O)Nc1ccc(CCNC(N)=NCCCN2CCOCC2)cc1.I. The Labute approximate surface area is 197 Å². The monoisotopic (exact) mass is 533 g/mol. The van der Waals surface area contributed by atoms with Crippen LogP contribution in [0.1, 0.15) is 32.8 Å². The molecule has 0 aliphatic carbocycles. The minimum Gasteiger partial charge on any atom is -0.444 e. The molecule has 0 radical (unpaired) electrons. The normalized spacial score (nSPS) is 15.2. The number of anilines is 1. The summed E-state index contributed by atoms with van der Waals surface area (Å²) >= 11 is 0. The van der Waals surface area contributed by atoms with E-state index in [0.717, 1.165) is 57.8 Å². The van der Waals surface area contributed by atoms with E-state index in [1.54, 1.807) is 0 Å². The molecule has 1 heterocycles. The fourth-order valence-electron chi connectivity index (χ4n) is 2.89. The third kappa shape index (κ3) is 11.6. The second kappa shape index (κ2) is 13.7. The highest BCUT2D eigenvalue weighted by Crippen LogP contribution is 2.13. The van der Waals surface area contributed by atoms with Gasteiger partial charge in [0.25, 0.3) is 0 Å². The molecule has 2 rings (SSSR count). The number of ether oxygens (including phenoxy) is 2. The minimum absolute atomic E-state index is 0. The smallest absolute Gasteiger partial charge is 0.412 e. The number of nitrogens with two attached hydrogens (primary N) is 1. The van der Waals surface area contributed by atoms with Crippen LogP contribution in [0.2, 0.25) is 0 Å². The highest BCUT2D eigenvalue weighted by Gasteiger charge is 2.16. The van der Waals surface area contributed by atoms with Gasteiger partial charge in [-0.25, -0.2) is 4.79 Å². The van der Waals surface area contributed by atoms with Crippen LogP contribution in [0.25, 0.3) is 0 Å². The van der Waals surface area contributed by atoms with Crippen molar-refractivity contribution in [2.45, 2.75) is 39.2 Å². The molecule has 1 aliphatic heterocycles. The Kier molecular flexibility index (Phi) is 12.0. The van der Waals surface area contributed by atoms with Gasteiger partial charge in [-0.15, -0.1) is 24.0 Å². The zero-order valence-electron chi connectivity index (χ0n) is 18.3. The summed E-state index contributed by atoms with van der Waals surface area (Å²) in [6, 6.07) is 7.68. The van der Waals surface area contributed by atoms with Crippen molar-refractivity contribution in [1.29, 1.82) is 0 Å². The second-order valence-electron chi connectivity index (χ2n) is 8.08. The van der Waals surface area contributed by atoms with Crippen LogP contribution in [0.4, 0.5) is 10.5 Å². The average molecular weight is 533 g/mol. The zero-order valence-corrected chi connectivity index (χ0v) is 20.6. The lowest BCUT2D eigenvalue weighted by molar-refractivity contribution is 0.0377. The Bertz CT molecular complexity index is 656. The van der Waals surface area contributed by atoms with Crippen LogP contribution in [-0.4, -0.2) is 68.5 Å². The van der Waals surface area contributed by atoms with Crippen molar-refractivity contribution in [3.05, 3.63) is 29.8 Å². The fourth-order valence-corrected chi connectivity index (χ4v) is 2.89. The van der Waals surface area contributed by atoms with Gasteiger partial charge in [-0.3, -0.25) is 15.2 Å². The number of aliphatic imine (C=N–C) groups is 1. The molecule has 1 saturated heterocycles. The van der Waals surface area contributed by atoms with E-state index in [0.29, 0.717) is 18.2 Å². The van der Waals surface area contributed by atoms with E-state index in [4.69, 9.17) is 15.2 Å². The second-order valence-corrected chi connectivity index (χ2v) is 8.08. The van der Waals surface area contributed by atoms with E-state index >= 15 is 0 Å². The Morgan fingerprint density at radius 2 is 1.90 bits per heavy atom. The number of benzene rings is 1. The van der Waals surface area contributed by atoms with E-state index < -0.39 is 11.7 Å². The maximum Gasteiger partial charge on any atom is 0.412 e. The topological polar surface area (TPSA) is 101 Å². The van der Waals surface area contributed by atoms with Crippen molar-refractivity contribution in [2.24, 2.45) is 10.7 Å². The number of amides is 1. The Balaban J connectivity index is 0.00000450. The van der Waals surface area contributed by atoms with Gasteiger partial charge in [0.15, 0.2) is 5.96 Å². The van der Waals surface area contributed by atoms with Crippen molar-refractivity contribution in [3.8, 4) is 0 Å². The van der Waals surface area contributed by atoms with Gasteiger partial charge >= 0.3 is 6.09 Å².